The Morgan fingerprint density at radius 2 is 1.94 bits per heavy atom. The Hall–Kier alpha value is -0.610. The molecule has 1 saturated carbocycles. The molecule has 1 aliphatic carbocycles. The highest BCUT2D eigenvalue weighted by Crippen LogP contribution is 2.39. The fraction of sp³-hybridized carbons (Fsp3) is 0.923. The summed E-state index contributed by atoms with van der Waals surface area (Å²) in [5.74, 6) is 1.09. The quantitative estimate of drug-likeness (QED) is 0.781. The van der Waals surface area contributed by atoms with Crippen LogP contribution in [0.15, 0.2) is 0 Å². The minimum Gasteiger partial charge on any atom is -0.339 e. The van der Waals surface area contributed by atoms with Gasteiger partial charge in [0.1, 0.15) is 0 Å². The first kappa shape index (κ1) is 12.8. The number of hydrogen-bond donors (Lipinski definition) is 1. The fourth-order valence-electron chi connectivity index (χ4n) is 2.99. The van der Waals surface area contributed by atoms with Crippen molar-refractivity contribution in [1.29, 1.82) is 0 Å². The fourth-order valence-corrected chi connectivity index (χ4v) is 2.99. The van der Waals surface area contributed by atoms with E-state index in [0.29, 0.717) is 17.9 Å². The number of carbonyl (C=O) groups is 1. The maximum Gasteiger partial charge on any atom is 0.242 e. The number of amides is 1. The standard InChI is InChI=1S/C13H25N3O/c1-9-7-16(8-11(9)15(3)4)12(17)13(2,14)10-5-6-10/h9-11H,5-8,14H2,1-4H3. The van der Waals surface area contributed by atoms with Crippen molar-refractivity contribution in [3.63, 3.8) is 0 Å². The summed E-state index contributed by atoms with van der Waals surface area (Å²) in [6.45, 7) is 5.79. The molecular formula is C13H25N3O. The lowest BCUT2D eigenvalue weighted by atomic mass is 9.95. The molecule has 1 amide bonds. The minimum atomic E-state index is -0.638. The lowest BCUT2D eigenvalue weighted by Crippen LogP contribution is -2.54. The van der Waals surface area contributed by atoms with E-state index in [-0.39, 0.29) is 5.91 Å². The second kappa shape index (κ2) is 4.25. The number of nitrogens with two attached hydrogens (primary N) is 1. The van der Waals surface area contributed by atoms with Gasteiger partial charge in [-0.05, 0) is 45.7 Å². The van der Waals surface area contributed by atoms with Crippen molar-refractivity contribution in [2.24, 2.45) is 17.6 Å². The second-order valence-electron chi connectivity index (χ2n) is 6.28. The molecule has 0 bridgehead atoms. The van der Waals surface area contributed by atoms with Crippen LogP contribution in [0.1, 0.15) is 26.7 Å². The van der Waals surface area contributed by atoms with Crippen molar-refractivity contribution in [2.45, 2.75) is 38.3 Å². The number of likely N-dealkylation sites (tertiary alicyclic amines) is 1. The van der Waals surface area contributed by atoms with Gasteiger partial charge in [0.2, 0.25) is 5.91 Å². The van der Waals surface area contributed by atoms with E-state index in [9.17, 15) is 4.79 Å². The summed E-state index contributed by atoms with van der Waals surface area (Å²) >= 11 is 0. The number of likely N-dealkylation sites (N-methyl/N-ethyl adjacent to an activating group) is 1. The van der Waals surface area contributed by atoms with Crippen LogP contribution in [0.4, 0.5) is 0 Å². The topological polar surface area (TPSA) is 49.6 Å². The Labute approximate surface area is 104 Å². The Kier molecular flexibility index (Phi) is 3.21. The van der Waals surface area contributed by atoms with E-state index in [0.717, 1.165) is 25.9 Å². The van der Waals surface area contributed by atoms with Crippen LogP contribution in [-0.4, -0.2) is 54.5 Å². The first-order valence-electron chi connectivity index (χ1n) is 6.58. The molecule has 2 N–H and O–H groups in total. The summed E-state index contributed by atoms with van der Waals surface area (Å²) < 4.78 is 0. The van der Waals surface area contributed by atoms with E-state index in [2.05, 4.69) is 25.9 Å². The third-order valence-electron chi connectivity index (χ3n) is 4.41. The van der Waals surface area contributed by atoms with Gasteiger partial charge < -0.3 is 15.5 Å². The summed E-state index contributed by atoms with van der Waals surface area (Å²) in [5, 5.41) is 0. The summed E-state index contributed by atoms with van der Waals surface area (Å²) in [4.78, 5) is 16.6. The molecule has 3 unspecified atom stereocenters. The molecule has 2 aliphatic rings. The Bertz CT molecular complexity index is 310. The molecule has 4 nitrogen and oxygen atoms in total. The van der Waals surface area contributed by atoms with Crippen molar-refractivity contribution < 1.29 is 4.79 Å². The molecule has 98 valence electrons. The molecule has 1 saturated heterocycles. The van der Waals surface area contributed by atoms with Gasteiger partial charge in [0.15, 0.2) is 0 Å². The van der Waals surface area contributed by atoms with E-state index in [1.165, 1.54) is 0 Å². The number of nitrogens with zero attached hydrogens (tertiary/aromatic N) is 2. The molecule has 0 aromatic carbocycles. The molecule has 2 rings (SSSR count). The van der Waals surface area contributed by atoms with Gasteiger partial charge in [-0.1, -0.05) is 6.92 Å². The van der Waals surface area contributed by atoms with E-state index >= 15 is 0 Å². The molecule has 0 radical (unpaired) electrons. The van der Waals surface area contributed by atoms with Crippen molar-refractivity contribution in [2.75, 3.05) is 27.2 Å². The Balaban J connectivity index is 2.02. The highest BCUT2D eigenvalue weighted by atomic mass is 16.2. The van der Waals surface area contributed by atoms with E-state index in [1.807, 2.05) is 11.8 Å². The smallest absolute Gasteiger partial charge is 0.242 e. The van der Waals surface area contributed by atoms with Gasteiger partial charge in [-0.2, -0.15) is 0 Å². The maximum absolute atomic E-state index is 12.4. The summed E-state index contributed by atoms with van der Waals surface area (Å²) in [6.07, 6.45) is 2.22. The predicted octanol–water partition coefficient (Wildman–Crippen LogP) is 0.522. The van der Waals surface area contributed by atoms with Crippen LogP contribution >= 0.6 is 0 Å². The van der Waals surface area contributed by atoms with Gasteiger partial charge in [0, 0.05) is 19.1 Å². The zero-order chi connectivity index (χ0) is 12.8. The molecule has 1 aliphatic heterocycles. The SMILES string of the molecule is CC1CN(C(=O)C(C)(N)C2CC2)CC1N(C)C. The molecule has 1 heterocycles. The highest BCUT2D eigenvalue weighted by Gasteiger charge is 2.48. The van der Waals surface area contributed by atoms with Gasteiger partial charge in [0.25, 0.3) is 0 Å². The van der Waals surface area contributed by atoms with Gasteiger partial charge in [-0.25, -0.2) is 0 Å². The molecule has 17 heavy (non-hydrogen) atoms. The molecular weight excluding hydrogens is 214 g/mol. The van der Waals surface area contributed by atoms with Crippen LogP contribution in [0, 0.1) is 11.8 Å². The zero-order valence-corrected chi connectivity index (χ0v) is 11.4. The third kappa shape index (κ3) is 2.33. The van der Waals surface area contributed by atoms with Crippen LogP contribution < -0.4 is 5.73 Å². The van der Waals surface area contributed by atoms with Crippen LogP contribution in [0.25, 0.3) is 0 Å². The lowest BCUT2D eigenvalue weighted by Gasteiger charge is -2.29. The Morgan fingerprint density at radius 3 is 2.35 bits per heavy atom. The average Bonchev–Trinajstić information content (AvgIpc) is 3.01. The number of rotatable bonds is 3. The Morgan fingerprint density at radius 1 is 1.35 bits per heavy atom. The molecule has 3 atom stereocenters. The normalized spacial score (nSPS) is 32.9. The monoisotopic (exact) mass is 239 g/mol. The largest absolute Gasteiger partial charge is 0.339 e. The van der Waals surface area contributed by atoms with Crippen molar-refractivity contribution >= 4 is 5.91 Å². The number of carbonyl (C=O) groups excluding carboxylic acids is 1. The van der Waals surface area contributed by atoms with E-state index < -0.39 is 5.54 Å². The molecule has 2 fully saturated rings. The molecule has 4 heteroatoms. The van der Waals surface area contributed by atoms with Crippen molar-refractivity contribution in [3.8, 4) is 0 Å². The van der Waals surface area contributed by atoms with Gasteiger partial charge in [-0.3, -0.25) is 4.79 Å². The highest BCUT2D eigenvalue weighted by molar-refractivity contribution is 5.86. The van der Waals surface area contributed by atoms with Crippen molar-refractivity contribution in [1.82, 2.24) is 9.80 Å². The summed E-state index contributed by atoms with van der Waals surface area (Å²) in [6, 6.07) is 0.467. The van der Waals surface area contributed by atoms with Crippen LogP contribution in [0.5, 0.6) is 0 Å². The van der Waals surface area contributed by atoms with E-state index in [4.69, 9.17) is 5.73 Å². The second-order valence-corrected chi connectivity index (χ2v) is 6.28. The molecule has 0 spiro atoms. The maximum atomic E-state index is 12.4. The van der Waals surface area contributed by atoms with Gasteiger partial charge in [-0.15, -0.1) is 0 Å². The summed E-state index contributed by atoms with van der Waals surface area (Å²) in [7, 11) is 4.16. The first-order valence-corrected chi connectivity index (χ1v) is 6.58. The molecule has 0 aromatic rings. The van der Waals surface area contributed by atoms with Crippen LogP contribution in [-0.2, 0) is 4.79 Å². The predicted molar refractivity (Wildman–Crippen MR) is 68.5 cm³/mol. The van der Waals surface area contributed by atoms with Gasteiger partial charge in [0.05, 0.1) is 5.54 Å². The average molecular weight is 239 g/mol. The first-order chi connectivity index (χ1) is 7.84. The zero-order valence-electron chi connectivity index (χ0n) is 11.4. The molecule has 0 aromatic heterocycles. The minimum absolute atomic E-state index is 0.149. The van der Waals surface area contributed by atoms with Crippen LogP contribution in [0.3, 0.4) is 0 Å². The number of hydrogen-bond acceptors (Lipinski definition) is 3. The summed E-state index contributed by atoms with van der Waals surface area (Å²) in [5.41, 5.74) is 5.57. The lowest BCUT2D eigenvalue weighted by molar-refractivity contribution is -0.136. The van der Waals surface area contributed by atoms with E-state index in [1.54, 1.807) is 0 Å². The van der Waals surface area contributed by atoms with Crippen molar-refractivity contribution in [3.05, 3.63) is 0 Å². The third-order valence-corrected chi connectivity index (χ3v) is 4.41. The van der Waals surface area contributed by atoms with Crippen LogP contribution in [0.2, 0.25) is 0 Å². The van der Waals surface area contributed by atoms with Gasteiger partial charge >= 0.3 is 0 Å².